The molecule has 5 heteroatoms. The van der Waals surface area contributed by atoms with Gasteiger partial charge in [0.15, 0.2) is 0 Å². The van der Waals surface area contributed by atoms with Crippen LogP contribution in [-0.4, -0.2) is 43.0 Å². The normalized spacial score (nSPS) is 10.6. The number of nitrogens with zero attached hydrogens (tertiary/aromatic N) is 2. The van der Waals surface area contributed by atoms with Crippen molar-refractivity contribution in [1.29, 1.82) is 0 Å². The fourth-order valence-corrected chi connectivity index (χ4v) is 1.91. The number of hydrogen-bond donors (Lipinski definition) is 2. The third kappa shape index (κ3) is 4.29. The summed E-state index contributed by atoms with van der Waals surface area (Å²) in [6, 6.07) is 11.1. The predicted molar refractivity (Wildman–Crippen MR) is 85.0 cm³/mol. The van der Waals surface area contributed by atoms with Crippen LogP contribution < -0.4 is 11.1 Å². The first-order valence-corrected chi connectivity index (χ1v) is 6.81. The quantitative estimate of drug-likeness (QED) is 0.875. The smallest absolute Gasteiger partial charge is 0.251 e. The summed E-state index contributed by atoms with van der Waals surface area (Å²) in [5, 5.41) is 2.90. The van der Waals surface area contributed by atoms with E-state index >= 15 is 0 Å². The molecule has 0 radical (unpaired) electrons. The summed E-state index contributed by atoms with van der Waals surface area (Å²) in [7, 11) is 3.95. The van der Waals surface area contributed by atoms with Crippen molar-refractivity contribution in [3.05, 3.63) is 48.2 Å². The highest BCUT2D eigenvalue weighted by Crippen LogP contribution is 2.20. The van der Waals surface area contributed by atoms with Crippen LogP contribution in [0.5, 0.6) is 0 Å². The summed E-state index contributed by atoms with van der Waals surface area (Å²) < 4.78 is 0. The molecule has 1 aromatic heterocycles. The lowest BCUT2D eigenvalue weighted by Crippen LogP contribution is -2.31. The Hall–Kier alpha value is -2.40. The maximum Gasteiger partial charge on any atom is 0.251 e. The molecule has 3 N–H and O–H groups in total. The molecule has 0 unspecified atom stereocenters. The van der Waals surface area contributed by atoms with Gasteiger partial charge in [0, 0.05) is 30.4 Å². The highest BCUT2D eigenvalue weighted by atomic mass is 16.1. The van der Waals surface area contributed by atoms with Crippen LogP contribution in [0.4, 0.5) is 5.82 Å². The van der Waals surface area contributed by atoms with Crippen LogP contribution in [0.3, 0.4) is 0 Å². The average molecular weight is 284 g/mol. The number of rotatable bonds is 5. The van der Waals surface area contributed by atoms with Crippen LogP contribution in [-0.2, 0) is 0 Å². The molecule has 0 spiro atoms. The van der Waals surface area contributed by atoms with Gasteiger partial charge in [-0.3, -0.25) is 4.79 Å². The number of likely N-dealkylation sites (N-methyl/N-ethyl adjacent to an activating group) is 1. The topological polar surface area (TPSA) is 71.2 Å². The summed E-state index contributed by atoms with van der Waals surface area (Å²) >= 11 is 0. The molecule has 0 aliphatic rings. The molecule has 0 fully saturated rings. The monoisotopic (exact) mass is 284 g/mol. The number of benzene rings is 1. The van der Waals surface area contributed by atoms with Crippen molar-refractivity contribution < 1.29 is 4.79 Å². The largest absolute Gasteiger partial charge is 0.384 e. The van der Waals surface area contributed by atoms with E-state index in [1.54, 1.807) is 18.3 Å². The standard InChI is InChI=1S/C16H20N4O/c1-20(2)9-8-18-16(21)13-5-3-4-12(10-13)14-6-7-15(17)19-11-14/h3-7,10-11H,8-9H2,1-2H3,(H2,17,19)(H,18,21). The Morgan fingerprint density at radius 3 is 2.71 bits per heavy atom. The van der Waals surface area contributed by atoms with Gasteiger partial charge in [0.25, 0.3) is 5.91 Å². The first-order valence-electron chi connectivity index (χ1n) is 6.81. The number of anilines is 1. The van der Waals surface area contributed by atoms with Gasteiger partial charge in [0.2, 0.25) is 0 Å². The zero-order valence-electron chi connectivity index (χ0n) is 12.3. The molecule has 21 heavy (non-hydrogen) atoms. The van der Waals surface area contributed by atoms with Gasteiger partial charge in [0.05, 0.1) is 0 Å². The fraction of sp³-hybridized carbons (Fsp3) is 0.250. The summed E-state index contributed by atoms with van der Waals surface area (Å²) in [5.74, 6) is 0.415. The first kappa shape index (κ1) is 15.0. The molecule has 1 aromatic carbocycles. The summed E-state index contributed by atoms with van der Waals surface area (Å²) in [4.78, 5) is 18.2. The van der Waals surface area contributed by atoms with Gasteiger partial charge < -0.3 is 16.0 Å². The molecule has 110 valence electrons. The van der Waals surface area contributed by atoms with E-state index in [1.807, 2.05) is 43.3 Å². The Morgan fingerprint density at radius 1 is 1.24 bits per heavy atom. The van der Waals surface area contributed by atoms with Crippen LogP contribution >= 0.6 is 0 Å². The Balaban J connectivity index is 2.10. The third-order valence-corrected chi connectivity index (χ3v) is 3.09. The zero-order chi connectivity index (χ0) is 15.2. The number of nitrogens with two attached hydrogens (primary N) is 1. The molecule has 0 bridgehead atoms. The summed E-state index contributed by atoms with van der Waals surface area (Å²) in [6.07, 6.45) is 1.71. The van der Waals surface area contributed by atoms with Gasteiger partial charge in [0.1, 0.15) is 5.82 Å². The number of carbonyl (C=O) groups excluding carboxylic acids is 1. The Labute approximate surface area is 124 Å². The first-order chi connectivity index (χ1) is 10.1. The number of amides is 1. The highest BCUT2D eigenvalue weighted by Gasteiger charge is 2.07. The van der Waals surface area contributed by atoms with Crippen molar-refractivity contribution in [2.45, 2.75) is 0 Å². The molecular weight excluding hydrogens is 264 g/mol. The van der Waals surface area contributed by atoms with Crippen molar-refractivity contribution >= 4 is 11.7 Å². The highest BCUT2D eigenvalue weighted by molar-refractivity contribution is 5.95. The second-order valence-electron chi connectivity index (χ2n) is 5.11. The minimum Gasteiger partial charge on any atom is -0.384 e. The molecule has 0 saturated carbocycles. The number of carbonyl (C=O) groups is 1. The fourth-order valence-electron chi connectivity index (χ4n) is 1.91. The summed E-state index contributed by atoms with van der Waals surface area (Å²) in [6.45, 7) is 1.44. The molecule has 0 atom stereocenters. The summed E-state index contributed by atoms with van der Waals surface area (Å²) in [5.41, 5.74) is 8.11. The van der Waals surface area contributed by atoms with Crippen LogP contribution in [0.2, 0.25) is 0 Å². The van der Waals surface area contributed by atoms with Crippen molar-refractivity contribution in [2.75, 3.05) is 32.9 Å². The lowest BCUT2D eigenvalue weighted by atomic mass is 10.0. The lowest BCUT2D eigenvalue weighted by Gasteiger charge is -2.11. The Morgan fingerprint density at radius 2 is 2.05 bits per heavy atom. The molecule has 1 heterocycles. The zero-order valence-corrected chi connectivity index (χ0v) is 12.3. The van der Waals surface area contributed by atoms with Gasteiger partial charge >= 0.3 is 0 Å². The minimum absolute atomic E-state index is 0.0675. The molecule has 0 aliphatic carbocycles. The maximum atomic E-state index is 12.1. The lowest BCUT2D eigenvalue weighted by molar-refractivity contribution is 0.0951. The van der Waals surface area contributed by atoms with E-state index in [1.165, 1.54) is 0 Å². The van der Waals surface area contributed by atoms with Crippen LogP contribution in [0.15, 0.2) is 42.6 Å². The van der Waals surface area contributed by atoms with E-state index in [-0.39, 0.29) is 5.91 Å². The van der Waals surface area contributed by atoms with Gasteiger partial charge in [-0.1, -0.05) is 12.1 Å². The van der Waals surface area contributed by atoms with Crippen molar-refractivity contribution in [2.24, 2.45) is 0 Å². The van der Waals surface area contributed by atoms with Gasteiger partial charge in [-0.05, 0) is 43.9 Å². The van der Waals surface area contributed by atoms with Crippen molar-refractivity contribution in [3.63, 3.8) is 0 Å². The second-order valence-corrected chi connectivity index (χ2v) is 5.11. The molecule has 1 amide bonds. The van der Waals surface area contributed by atoms with Gasteiger partial charge in [-0.25, -0.2) is 4.98 Å². The average Bonchev–Trinajstić information content (AvgIpc) is 2.47. The minimum atomic E-state index is -0.0675. The van der Waals surface area contributed by atoms with Gasteiger partial charge in [-0.2, -0.15) is 0 Å². The van der Waals surface area contributed by atoms with E-state index < -0.39 is 0 Å². The van der Waals surface area contributed by atoms with Crippen LogP contribution in [0.1, 0.15) is 10.4 Å². The van der Waals surface area contributed by atoms with Crippen LogP contribution in [0.25, 0.3) is 11.1 Å². The molecule has 5 nitrogen and oxygen atoms in total. The van der Waals surface area contributed by atoms with Crippen molar-refractivity contribution in [1.82, 2.24) is 15.2 Å². The van der Waals surface area contributed by atoms with Crippen LogP contribution in [0, 0.1) is 0 Å². The third-order valence-electron chi connectivity index (χ3n) is 3.09. The van der Waals surface area contributed by atoms with E-state index in [9.17, 15) is 4.79 Å². The molecule has 2 rings (SSSR count). The van der Waals surface area contributed by atoms with Gasteiger partial charge in [-0.15, -0.1) is 0 Å². The molecule has 0 saturated heterocycles. The number of hydrogen-bond acceptors (Lipinski definition) is 4. The second kappa shape index (κ2) is 6.85. The molecule has 0 aliphatic heterocycles. The van der Waals surface area contributed by atoms with E-state index in [4.69, 9.17) is 5.73 Å². The van der Waals surface area contributed by atoms with E-state index in [2.05, 4.69) is 10.3 Å². The Kier molecular flexibility index (Phi) is 4.90. The number of pyridine rings is 1. The van der Waals surface area contributed by atoms with E-state index in [0.29, 0.717) is 17.9 Å². The predicted octanol–water partition coefficient (Wildman–Crippen LogP) is 1.62. The van der Waals surface area contributed by atoms with E-state index in [0.717, 1.165) is 17.7 Å². The number of nitrogens with one attached hydrogen (secondary N) is 1. The SMILES string of the molecule is CN(C)CCNC(=O)c1cccc(-c2ccc(N)nc2)c1. The Bertz CT molecular complexity index is 608. The van der Waals surface area contributed by atoms with Crippen molar-refractivity contribution in [3.8, 4) is 11.1 Å². The number of aromatic nitrogens is 1. The maximum absolute atomic E-state index is 12.1. The molecule has 2 aromatic rings. The number of nitrogen functional groups attached to an aromatic ring is 1. The molecular formula is C16H20N4O.